The summed E-state index contributed by atoms with van der Waals surface area (Å²) in [5.41, 5.74) is 0.798. The Balaban J connectivity index is 1.44. The molecule has 1 amide bonds. The van der Waals surface area contributed by atoms with Crippen LogP contribution in [-0.2, 0) is 11.3 Å². The standard InChI is InChI=1S/C21H30N4O2/c1-2-3-5-17-8-10-18(11-9-17)21(26)24-19-6-4-7-20(14-19)27-13-12-25-16-22-15-23-25/h4,6-7,14-18H,2-3,5,8-13H2,1H3,(H,24,26). The Morgan fingerprint density at radius 1 is 1.30 bits per heavy atom. The minimum Gasteiger partial charge on any atom is -0.492 e. The third-order valence-electron chi connectivity index (χ3n) is 5.34. The number of unbranched alkanes of at least 4 members (excludes halogenated alkanes) is 1. The van der Waals surface area contributed by atoms with Gasteiger partial charge in [-0.3, -0.25) is 4.79 Å². The highest BCUT2D eigenvalue weighted by Crippen LogP contribution is 2.32. The second-order valence-corrected chi connectivity index (χ2v) is 7.38. The SMILES string of the molecule is CCCCC1CCC(C(=O)Nc2cccc(OCCn3cncn3)c2)CC1. The number of hydrogen-bond acceptors (Lipinski definition) is 4. The van der Waals surface area contributed by atoms with Gasteiger partial charge in [-0.2, -0.15) is 5.10 Å². The van der Waals surface area contributed by atoms with E-state index in [0.29, 0.717) is 13.2 Å². The van der Waals surface area contributed by atoms with Crippen molar-refractivity contribution in [2.75, 3.05) is 11.9 Å². The number of aromatic nitrogens is 3. The van der Waals surface area contributed by atoms with Gasteiger partial charge < -0.3 is 10.1 Å². The lowest BCUT2D eigenvalue weighted by Crippen LogP contribution is -2.27. The molecular formula is C21H30N4O2. The highest BCUT2D eigenvalue weighted by molar-refractivity contribution is 5.92. The van der Waals surface area contributed by atoms with Crippen molar-refractivity contribution in [1.29, 1.82) is 0 Å². The Hall–Kier alpha value is -2.37. The fourth-order valence-electron chi connectivity index (χ4n) is 3.72. The first kappa shape index (κ1) is 19.4. The number of ether oxygens (including phenoxy) is 1. The molecule has 0 atom stereocenters. The van der Waals surface area contributed by atoms with Crippen LogP contribution in [0.3, 0.4) is 0 Å². The van der Waals surface area contributed by atoms with Crippen molar-refractivity contribution >= 4 is 11.6 Å². The van der Waals surface area contributed by atoms with Gasteiger partial charge >= 0.3 is 0 Å². The second-order valence-electron chi connectivity index (χ2n) is 7.38. The first-order valence-electron chi connectivity index (χ1n) is 10.1. The van der Waals surface area contributed by atoms with E-state index in [1.807, 2.05) is 24.3 Å². The molecule has 1 aromatic carbocycles. The highest BCUT2D eigenvalue weighted by Gasteiger charge is 2.26. The number of carbonyl (C=O) groups is 1. The van der Waals surface area contributed by atoms with Gasteiger partial charge in [0.15, 0.2) is 0 Å². The third kappa shape index (κ3) is 6.08. The number of anilines is 1. The van der Waals surface area contributed by atoms with Crippen LogP contribution in [0.25, 0.3) is 0 Å². The molecule has 0 bridgehead atoms. The zero-order valence-electron chi connectivity index (χ0n) is 16.1. The van der Waals surface area contributed by atoms with E-state index in [9.17, 15) is 4.79 Å². The van der Waals surface area contributed by atoms with E-state index >= 15 is 0 Å². The molecule has 1 aliphatic carbocycles. The molecule has 3 rings (SSSR count). The summed E-state index contributed by atoms with van der Waals surface area (Å²) in [6.07, 6.45) is 11.4. The monoisotopic (exact) mass is 370 g/mol. The van der Waals surface area contributed by atoms with Crippen LogP contribution in [0.1, 0.15) is 51.9 Å². The number of carbonyl (C=O) groups excluding carboxylic acids is 1. The van der Waals surface area contributed by atoms with Crippen molar-refractivity contribution in [3.05, 3.63) is 36.9 Å². The van der Waals surface area contributed by atoms with Crippen LogP contribution in [-0.4, -0.2) is 27.3 Å². The minimum absolute atomic E-state index is 0.139. The van der Waals surface area contributed by atoms with Gasteiger partial charge in [0.2, 0.25) is 5.91 Å². The summed E-state index contributed by atoms with van der Waals surface area (Å²) < 4.78 is 7.48. The largest absolute Gasteiger partial charge is 0.492 e. The number of nitrogens with one attached hydrogen (secondary N) is 1. The van der Waals surface area contributed by atoms with Gasteiger partial charge in [0.05, 0.1) is 6.54 Å². The van der Waals surface area contributed by atoms with Crippen LogP contribution in [0.4, 0.5) is 5.69 Å². The molecule has 6 heteroatoms. The van der Waals surface area contributed by atoms with E-state index in [4.69, 9.17) is 4.74 Å². The van der Waals surface area contributed by atoms with Crippen LogP contribution < -0.4 is 10.1 Å². The van der Waals surface area contributed by atoms with E-state index in [0.717, 1.165) is 30.2 Å². The zero-order valence-corrected chi connectivity index (χ0v) is 16.1. The van der Waals surface area contributed by atoms with Gasteiger partial charge in [-0.05, 0) is 43.7 Å². The summed E-state index contributed by atoms with van der Waals surface area (Å²) >= 11 is 0. The maximum atomic E-state index is 12.6. The van der Waals surface area contributed by atoms with Gasteiger partial charge in [-0.15, -0.1) is 0 Å². The number of amides is 1. The molecule has 1 aliphatic rings. The molecule has 1 N–H and O–H groups in total. The van der Waals surface area contributed by atoms with Crippen molar-refractivity contribution < 1.29 is 9.53 Å². The molecule has 1 heterocycles. The number of hydrogen-bond donors (Lipinski definition) is 1. The van der Waals surface area contributed by atoms with Crippen molar-refractivity contribution in [2.24, 2.45) is 11.8 Å². The minimum atomic E-state index is 0.139. The predicted octanol–water partition coefficient (Wildman–Crippen LogP) is 4.29. The molecule has 6 nitrogen and oxygen atoms in total. The molecule has 0 radical (unpaired) electrons. The van der Waals surface area contributed by atoms with Crippen LogP contribution in [0.5, 0.6) is 5.75 Å². The van der Waals surface area contributed by atoms with E-state index in [-0.39, 0.29) is 11.8 Å². The molecule has 1 fully saturated rings. The summed E-state index contributed by atoms with van der Waals surface area (Å²) in [6, 6.07) is 7.60. The Bertz CT molecular complexity index is 694. The van der Waals surface area contributed by atoms with Gasteiger partial charge in [-0.25, -0.2) is 9.67 Å². The van der Waals surface area contributed by atoms with Crippen LogP contribution in [0, 0.1) is 11.8 Å². The number of rotatable bonds is 9. The van der Waals surface area contributed by atoms with Crippen LogP contribution in [0.2, 0.25) is 0 Å². The molecule has 27 heavy (non-hydrogen) atoms. The fraction of sp³-hybridized carbons (Fsp3) is 0.571. The maximum absolute atomic E-state index is 12.6. The molecule has 0 spiro atoms. The molecule has 1 aromatic heterocycles. The lowest BCUT2D eigenvalue weighted by atomic mass is 9.79. The molecule has 2 aromatic rings. The van der Waals surface area contributed by atoms with Crippen molar-refractivity contribution in [2.45, 2.75) is 58.4 Å². The van der Waals surface area contributed by atoms with Crippen LogP contribution in [0.15, 0.2) is 36.9 Å². The van der Waals surface area contributed by atoms with Gasteiger partial charge in [-0.1, -0.05) is 32.3 Å². The normalized spacial score (nSPS) is 19.6. The van der Waals surface area contributed by atoms with Crippen molar-refractivity contribution in [3.8, 4) is 5.75 Å². The molecule has 0 saturated heterocycles. The molecule has 0 unspecified atom stereocenters. The molecular weight excluding hydrogens is 340 g/mol. The second kappa shape index (κ2) is 10.1. The maximum Gasteiger partial charge on any atom is 0.227 e. The topological polar surface area (TPSA) is 69.0 Å². The molecule has 0 aliphatic heterocycles. The fourth-order valence-corrected chi connectivity index (χ4v) is 3.72. The average Bonchev–Trinajstić information content (AvgIpc) is 3.20. The van der Waals surface area contributed by atoms with E-state index in [1.165, 1.54) is 38.4 Å². The third-order valence-corrected chi connectivity index (χ3v) is 5.34. The number of nitrogens with zero attached hydrogens (tertiary/aromatic N) is 3. The van der Waals surface area contributed by atoms with Crippen LogP contribution >= 0.6 is 0 Å². The van der Waals surface area contributed by atoms with E-state index in [1.54, 1.807) is 11.0 Å². The summed E-state index contributed by atoms with van der Waals surface area (Å²) in [4.78, 5) is 16.5. The van der Waals surface area contributed by atoms with Crippen molar-refractivity contribution in [1.82, 2.24) is 14.8 Å². The lowest BCUT2D eigenvalue weighted by molar-refractivity contribution is -0.121. The Morgan fingerprint density at radius 2 is 2.15 bits per heavy atom. The average molecular weight is 370 g/mol. The quantitative estimate of drug-likeness (QED) is 0.715. The molecule has 1 saturated carbocycles. The summed E-state index contributed by atoms with van der Waals surface area (Å²) in [5, 5.41) is 7.11. The molecule has 146 valence electrons. The highest BCUT2D eigenvalue weighted by atomic mass is 16.5. The smallest absolute Gasteiger partial charge is 0.227 e. The van der Waals surface area contributed by atoms with Gasteiger partial charge in [0, 0.05) is 17.7 Å². The van der Waals surface area contributed by atoms with E-state index < -0.39 is 0 Å². The van der Waals surface area contributed by atoms with Gasteiger partial charge in [0.1, 0.15) is 25.0 Å². The predicted molar refractivity (Wildman–Crippen MR) is 106 cm³/mol. The Labute approximate surface area is 161 Å². The Kier molecular flexibility index (Phi) is 7.25. The zero-order chi connectivity index (χ0) is 18.9. The summed E-state index contributed by atoms with van der Waals surface area (Å²) in [5.74, 6) is 1.84. The first-order chi connectivity index (χ1) is 13.2. The summed E-state index contributed by atoms with van der Waals surface area (Å²) in [6.45, 7) is 3.38. The summed E-state index contributed by atoms with van der Waals surface area (Å²) in [7, 11) is 0. The van der Waals surface area contributed by atoms with Crippen molar-refractivity contribution in [3.63, 3.8) is 0 Å². The number of benzene rings is 1. The van der Waals surface area contributed by atoms with E-state index in [2.05, 4.69) is 22.3 Å². The first-order valence-corrected chi connectivity index (χ1v) is 10.1. The van der Waals surface area contributed by atoms with Gasteiger partial charge in [0.25, 0.3) is 0 Å². The lowest BCUT2D eigenvalue weighted by Gasteiger charge is -2.27. The Morgan fingerprint density at radius 3 is 2.89 bits per heavy atom.